The van der Waals surface area contributed by atoms with E-state index in [9.17, 15) is 27.9 Å². The van der Waals surface area contributed by atoms with Gasteiger partial charge in [-0.05, 0) is 52.4 Å². The van der Waals surface area contributed by atoms with Gasteiger partial charge in [0.15, 0.2) is 5.69 Å². The lowest BCUT2D eigenvalue weighted by molar-refractivity contribution is -0.142. The van der Waals surface area contributed by atoms with Crippen LogP contribution in [-0.2, 0) is 16.4 Å². The summed E-state index contributed by atoms with van der Waals surface area (Å²) in [5, 5.41) is 16.3. The third kappa shape index (κ3) is 6.56. The largest absolute Gasteiger partial charge is 0.437 e. The molecule has 0 fully saturated rings. The second kappa shape index (κ2) is 11.8. The molecule has 6 nitrogen and oxygen atoms in total. The Bertz CT molecular complexity index is 1930. The van der Waals surface area contributed by atoms with Crippen molar-refractivity contribution >= 4 is 22.4 Å². The van der Waals surface area contributed by atoms with Gasteiger partial charge in [-0.2, -0.15) is 13.2 Å². The Hall–Kier alpha value is -5.20. The monoisotopic (exact) mass is 596 g/mol. The number of benzene rings is 4. The van der Waals surface area contributed by atoms with E-state index in [4.69, 9.17) is 0 Å². The molecule has 1 aromatic heterocycles. The number of amides is 1. The minimum Gasteiger partial charge on any atom is -0.369 e. The SMILES string of the molecule is CC(C)(CC(O)(C#Cc1ccc(-c2ccccc2)cc1)C(=O)Nc1ccc2c(=O)onc(C(F)(F)F)c2c1)c1ccccc1. The summed E-state index contributed by atoms with van der Waals surface area (Å²) < 4.78 is 45.1. The minimum absolute atomic E-state index is 0.0923. The summed E-state index contributed by atoms with van der Waals surface area (Å²) in [5.41, 5.74) is -2.20. The number of halogens is 3. The zero-order chi connectivity index (χ0) is 31.5. The van der Waals surface area contributed by atoms with Crippen LogP contribution in [0.1, 0.15) is 37.1 Å². The number of hydrogen-bond acceptors (Lipinski definition) is 5. The van der Waals surface area contributed by atoms with Crippen molar-refractivity contribution in [2.24, 2.45) is 0 Å². The average Bonchev–Trinajstić information content (AvgIpc) is 3.00. The molecule has 1 amide bonds. The molecule has 5 rings (SSSR count). The lowest BCUT2D eigenvalue weighted by Gasteiger charge is -2.32. The molecule has 0 spiro atoms. The van der Waals surface area contributed by atoms with Crippen LogP contribution in [0.5, 0.6) is 0 Å². The van der Waals surface area contributed by atoms with Gasteiger partial charge in [-0.1, -0.05) is 104 Å². The molecule has 44 heavy (non-hydrogen) atoms. The molecular formula is C35H27F3N2O4. The number of alkyl halides is 3. The van der Waals surface area contributed by atoms with E-state index in [0.29, 0.717) is 5.56 Å². The Kier molecular flexibility index (Phi) is 8.13. The summed E-state index contributed by atoms with van der Waals surface area (Å²) in [4.78, 5) is 25.7. The topological polar surface area (TPSA) is 92.4 Å². The minimum atomic E-state index is -4.92. The standard InChI is InChI=1S/C35H27F3N2O4/c1-33(2,26-11-7-4-8-12-26)22-34(43,20-19-23-13-15-25(16-14-23)24-9-5-3-6-10-24)32(42)39-27-17-18-28-29(21-27)30(35(36,37)38)40-44-31(28)41/h3-18,21,43H,22H2,1-2H3,(H,39,42). The first-order chi connectivity index (χ1) is 20.9. The third-order valence-corrected chi connectivity index (χ3v) is 7.28. The Morgan fingerprint density at radius 2 is 1.48 bits per heavy atom. The summed E-state index contributed by atoms with van der Waals surface area (Å²) in [6.45, 7) is 3.71. The Morgan fingerprint density at radius 1 is 0.864 bits per heavy atom. The number of nitrogens with one attached hydrogen (secondary N) is 1. The maximum Gasteiger partial charge on any atom is 0.437 e. The number of aromatic nitrogens is 1. The number of hydrogen-bond donors (Lipinski definition) is 2. The number of aliphatic hydroxyl groups is 1. The van der Waals surface area contributed by atoms with E-state index in [2.05, 4.69) is 26.8 Å². The number of fused-ring (bicyclic) bond motifs is 1. The quantitative estimate of drug-likeness (QED) is 0.207. The first-order valence-electron chi connectivity index (χ1n) is 13.6. The molecule has 0 bridgehead atoms. The fraction of sp³-hybridized carbons (Fsp3) is 0.171. The molecule has 0 saturated carbocycles. The lowest BCUT2D eigenvalue weighted by atomic mass is 9.75. The maximum absolute atomic E-state index is 13.7. The van der Waals surface area contributed by atoms with Gasteiger partial charge in [-0.15, -0.1) is 0 Å². The van der Waals surface area contributed by atoms with E-state index in [1.165, 1.54) is 6.07 Å². The molecule has 1 heterocycles. The molecule has 4 aromatic carbocycles. The van der Waals surface area contributed by atoms with E-state index < -0.39 is 39.8 Å². The van der Waals surface area contributed by atoms with Gasteiger partial charge in [0.05, 0.1) is 5.39 Å². The van der Waals surface area contributed by atoms with E-state index in [-0.39, 0.29) is 17.5 Å². The van der Waals surface area contributed by atoms with Gasteiger partial charge in [0, 0.05) is 23.1 Å². The van der Waals surface area contributed by atoms with Gasteiger partial charge < -0.3 is 14.9 Å². The number of nitrogens with zero attached hydrogens (tertiary/aromatic N) is 1. The van der Waals surface area contributed by atoms with Crippen molar-refractivity contribution in [1.82, 2.24) is 5.16 Å². The van der Waals surface area contributed by atoms with Crippen molar-refractivity contribution in [3.05, 3.63) is 130 Å². The Balaban J connectivity index is 1.51. The highest BCUT2D eigenvalue weighted by molar-refractivity contribution is 6.01. The van der Waals surface area contributed by atoms with Crippen molar-refractivity contribution < 1.29 is 27.6 Å². The van der Waals surface area contributed by atoms with Crippen LogP contribution in [0.4, 0.5) is 18.9 Å². The van der Waals surface area contributed by atoms with Crippen LogP contribution in [0.3, 0.4) is 0 Å². The summed E-state index contributed by atoms with van der Waals surface area (Å²) >= 11 is 0. The van der Waals surface area contributed by atoms with Gasteiger partial charge >= 0.3 is 11.8 Å². The number of carbonyl (C=O) groups excluding carboxylic acids is 1. The molecule has 1 unspecified atom stereocenters. The first-order valence-corrected chi connectivity index (χ1v) is 13.6. The van der Waals surface area contributed by atoms with Crippen LogP contribution >= 0.6 is 0 Å². The first kappa shape index (κ1) is 30.3. The van der Waals surface area contributed by atoms with E-state index in [0.717, 1.165) is 28.8 Å². The predicted octanol–water partition coefficient (Wildman–Crippen LogP) is 6.96. The van der Waals surface area contributed by atoms with Gasteiger partial charge in [0.25, 0.3) is 5.91 Å². The van der Waals surface area contributed by atoms with Gasteiger partial charge in [0.2, 0.25) is 5.60 Å². The smallest absolute Gasteiger partial charge is 0.369 e. The van der Waals surface area contributed by atoms with Crippen LogP contribution in [0, 0.1) is 11.8 Å². The van der Waals surface area contributed by atoms with Crippen molar-refractivity contribution in [3.8, 4) is 23.0 Å². The third-order valence-electron chi connectivity index (χ3n) is 7.28. The fourth-order valence-corrected chi connectivity index (χ4v) is 4.98. The van der Waals surface area contributed by atoms with Gasteiger partial charge in [0.1, 0.15) is 0 Å². The molecule has 0 aliphatic carbocycles. The van der Waals surface area contributed by atoms with Crippen LogP contribution < -0.4 is 10.9 Å². The lowest BCUT2D eigenvalue weighted by Crippen LogP contribution is -2.46. The summed E-state index contributed by atoms with van der Waals surface area (Å²) in [5.74, 6) is 4.69. The van der Waals surface area contributed by atoms with Crippen molar-refractivity contribution in [3.63, 3.8) is 0 Å². The number of rotatable bonds is 6. The highest BCUT2D eigenvalue weighted by Gasteiger charge is 2.41. The van der Waals surface area contributed by atoms with E-state index in [1.54, 1.807) is 12.1 Å². The zero-order valence-electron chi connectivity index (χ0n) is 23.8. The molecule has 0 aliphatic heterocycles. The summed E-state index contributed by atoms with van der Waals surface area (Å²) in [6, 6.07) is 29.6. The van der Waals surface area contributed by atoms with E-state index in [1.807, 2.05) is 86.6 Å². The summed E-state index contributed by atoms with van der Waals surface area (Å²) in [6.07, 6.45) is -5.06. The second-order valence-corrected chi connectivity index (χ2v) is 11.0. The van der Waals surface area contributed by atoms with Gasteiger partial charge in [-0.25, -0.2) is 4.79 Å². The van der Waals surface area contributed by atoms with Crippen molar-refractivity contribution in [2.75, 3.05) is 5.32 Å². The highest BCUT2D eigenvalue weighted by atomic mass is 19.4. The van der Waals surface area contributed by atoms with E-state index >= 15 is 0 Å². The molecule has 0 radical (unpaired) electrons. The predicted molar refractivity (Wildman–Crippen MR) is 162 cm³/mol. The van der Waals surface area contributed by atoms with Crippen LogP contribution in [0.25, 0.3) is 21.9 Å². The van der Waals surface area contributed by atoms with Crippen molar-refractivity contribution in [1.29, 1.82) is 0 Å². The maximum atomic E-state index is 13.7. The second-order valence-electron chi connectivity index (χ2n) is 11.0. The van der Waals surface area contributed by atoms with Gasteiger partial charge in [-0.3, -0.25) is 4.79 Å². The van der Waals surface area contributed by atoms with Crippen LogP contribution in [0.2, 0.25) is 0 Å². The number of carbonyl (C=O) groups is 1. The average molecular weight is 597 g/mol. The van der Waals surface area contributed by atoms with Crippen molar-refractivity contribution in [2.45, 2.75) is 37.5 Å². The molecule has 0 aliphatic rings. The van der Waals surface area contributed by atoms with Crippen LogP contribution in [0.15, 0.2) is 112 Å². The zero-order valence-corrected chi connectivity index (χ0v) is 23.8. The normalized spacial score (nSPS) is 13.0. The molecule has 2 N–H and O–H groups in total. The van der Waals surface area contributed by atoms with Crippen LogP contribution in [-0.4, -0.2) is 21.8 Å². The summed E-state index contributed by atoms with van der Waals surface area (Å²) in [7, 11) is 0. The molecule has 1 atom stereocenters. The molecule has 0 saturated heterocycles. The highest BCUT2D eigenvalue weighted by Crippen LogP contribution is 2.35. The fourth-order valence-electron chi connectivity index (χ4n) is 4.98. The Labute approximate surface area is 251 Å². The molecular weight excluding hydrogens is 569 g/mol. The number of anilines is 1. The molecule has 5 aromatic rings. The Morgan fingerprint density at radius 3 is 2.11 bits per heavy atom. The molecule has 9 heteroatoms. The molecule has 222 valence electrons.